The van der Waals surface area contributed by atoms with E-state index in [1.54, 1.807) is 0 Å². The van der Waals surface area contributed by atoms with Crippen molar-refractivity contribution < 1.29 is 18.0 Å². The summed E-state index contributed by atoms with van der Waals surface area (Å²) in [6.07, 6.45) is 1.58. The molecule has 0 saturated heterocycles. The van der Waals surface area contributed by atoms with Crippen LogP contribution in [-0.4, -0.2) is 20.9 Å². The Hall–Kier alpha value is -3.55. The molecular weight excluding hydrogens is 402 g/mol. The number of carbonyl (C=O) groups excluding carboxylic acids is 1. The Kier molecular flexibility index (Phi) is 5.79. The summed E-state index contributed by atoms with van der Waals surface area (Å²) in [5.41, 5.74) is 1.48. The lowest BCUT2D eigenvalue weighted by Gasteiger charge is -2.20. The number of halogens is 2. The van der Waals surface area contributed by atoms with E-state index in [2.05, 4.69) is 20.3 Å². The fourth-order valence-electron chi connectivity index (χ4n) is 3.41. The summed E-state index contributed by atoms with van der Waals surface area (Å²) in [6, 6.07) is 11.0. The highest BCUT2D eigenvalue weighted by molar-refractivity contribution is 5.77. The molecule has 0 bridgehead atoms. The van der Waals surface area contributed by atoms with Gasteiger partial charge in [0.1, 0.15) is 17.5 Å². The Balaban J connectivity index is 1.42. The second-order valence-electron chi connectivity index (χ2n) is 7.64. The quantitative estimate of drug-likeness (QED) is 0.440. The third-order valence-corrected chi connectivity index (χ3v) is 5.01. The topological polar surface area (TPSA) is 83.8 Å². The van der Waals surface area contributed by atoms with Gasteiger partial charge < -0.3 is 14.7 Å². The minimum absolute atomic E-state index is 0.00617. The van der Waals surface area contributed by atoms with Crippen LogP contribution in [0.3, 0.4) is 0 Å². The van der Waals surface area contributed by atoms with E-state index in [1.165, 1.54) is 12.3 Å². The molecule has 4 rings (SSSR count). The van der Waals surface area contributed by atoms with E-state index in [9.17, 15) is 13.6 Å². The monoisotopic (exact) mass is 424 g/mol. The molecule has 31 heavy (non-hydrogen) atoms. The Morgan fingerprint density at radius 3 is 2.58 bits per heavy atom. The smallest absolute Gasteiger partial charge is 0.221 e. The minimum atomic E-state index is -0.731. The molecule has 2 aromatic carbocycles. The number of aromatic amines is 1. The highest BCUT2D eigenvalue weighted by Crippen LogP contribution is 2.27. The van der Waals surface area contributed by atoms with Gasteiger partial charge in [-0.1, -0.05) is 32.0 Å². The fourth-order valence-corrected chi connectivity index (χ4v) is 3.41. The molecule has 2 N–H and O–H groups in total. The first kappa shape index (κ1) is 20.7. The number of fused-ring (bicyclic) bond motifs is 1. The van der Waals surface area contributed by atoms with E-state index >= 15 is 0 Å². The Morgan fingerprint density at radius 1 is 1.13 bits per heavy atom. The van der Waals surface area contributed by atoms with Crippen LogP contribution in [0.25, 0.3) is 22.4 Å². The van der Waals surface area contributed by atoms with Gasteiger partial charge in [0.05, 0.1) is 28.8 Å². The summed E-state index contributed by atoms with van der Waals surface area (Å²) in [5.74, 6) is -0.626. The van der Waals surface area contributed by atoms with Crippen molar-refractivity contribution >= 4 is 16.9 Å². The second kappa shape index (κ2) is 8.67. The number of para-hydroxylation sites is 2. The number of imidazole rings is 1. The predicted octanol–water partition coefficient (Wildman–Crippen LogP) is 4.94. The zero-order valence-electron chi connectivity index (χ0n) is 17.2. The minimum Gasteiger partial charge on any atom is -0.441 e. The number of rotatable bonds is 7. The van der Waals surface area contributed by atoms with E-state index in [1.807, 2.05) is 38.1 Å². The Bertz CT molecular complexity index is 1160. The van der Waals surface area contributed by atoms with Crippen LogP contribution in [0.4, 0.5) is 8.78 Å². The van der Waals surface area contributed by atoms with Crippen LogP contribution >= 0.6 is 0 Å². The average Bonchev–Trinajstić information content (AvgIpc) is 3.37. The van der Waals surface area contributed by atoms with Gasteiger partial charge in [-0.15, -0.1) is 0 Å². The lowest BCUT2D eigenvalue weighted by Crippen LogP contribution is -2.32. The number of benzene rings is 2. The molecule has 2 heterocycles. The molecule has 0 fully saturated rings. The van der Waals surface area contributed by atoms with Crippen molar-refractivity contribution in [3.05, 3.63) is 72.0 Å². The molecule has 0 saturated carbocycles. The van der Waals surface area contributed by atoms with Crippen LogP contribution in [0.2, 0.25) is 0 Å². The van der Waals surface area contributed by atoms with Crippen molar-refractivity contribution in [1.82, 2.24) is 20.3 Å². The van der Waals surface area contributed by atoms with Gasteiger partial charge in [-0.2, -0.15) is 0 Å². The zero-order chi connectivity index (χ0) is 22.0. The van der Waals surface area contributed by atoms with E-state index in [4.69, 9.17) is 4.42 Å². The maximum atomic E-state index is 13.9. The maximum absolute atomic E-state index is 13.9. The number of hydrogen-bond acceptors (Lipinski definition) is 4. The lowest BCUT2D eigenvalue weighted by atomic mass is 10.0. The van der Waals surface area contributed by atoms with E-state index in [0.29, 0.717) is 5.82 Å². The number of nitrogens with one attached hydrogen (secondary N) is 2. The van der Waals surface area contributed by atoms with E-state index in [-0.39, 0.29) is 47.9 Å². The maximum Gasteiger partial charge on any atom is 0.221 e. The Morgan fingerprint density at radius 2 is 1.87 bits per heavy atom. The number of aryl methyl sites for hydroxylation is 1. The number of aromatic nitrogens is 3. The molecule has 4 aromatic rings. The van der Waals surface area contributed by atoms with Crippen LogP contribution in [-0.2, 0) is 11.2 Å². The highest BCUT2D eigenvalue weighted by atomic mass is 19.1. The van der Waals surface area contributed by atoms with Gasteiger partial charge in [-0.25, -0.2) is 18.7 Å². The van der Waals surface area contributed by atoms with Crippen molar-refractivity contribution in [2.45, 2.75) is 32.7 Å². The molecule has 160 valence electrons. The van der Waals surface area contributed by atoms with Gasteiger partial charge in [0, 0.05) is 12.8 Å². The van der Waals surface area contributed by atoms with Crippen LogP contribution in [0.1, 0.15) is 38.0 Å². The normalized spacial score (nSPS) is 12.4. The summed E-state index contributed by atoms with van der Waals surface area (Å²) in [7, 11) is 0. The first-order valence-electron chi connectivity index (χ1n) is 10.1. The second-order valence-corrected chi connectivity index (χ2v) is 7.64. The SMILES string of the molecule is CC(C)[C@H](NC(=O)CCc1ncc(-c2c(F)cccc2F)o1)c1nc2ccccc2[nH]1. The van der Waals surface area contributed by atoms with Gasteiger partial charge in [0.15, 0.2) is 11.7 Å². The summed E-state index contributed by atoms with van der Waals surface area (Å²) < 4.78 is 33.3. The highest BCUT2D eigenvalue weighted by Gasteiger charge is 2.22. The summed E-state index contributed by atoms with van der Waals surface area (Å²) in [4.78, 5) is 24.5. The standard InChI is InChI=1S/C23H22F2N4O2/c1-13(2)22(23-27-16-8-3-4-9-17(16)28-23)29-19(30)10-11-20-26-12-18(31-20)21-14(24)6-5-7-15(21)25/h3-9,12-13,22H,10-11H2,1-2H3,(H,27,28)(H,29,30)/t22-/m0/s1. The molecule has 6 nitrogen and oxygen atoms in total. The molecule has 1 atom stereocenters. The predicted molar refractivity (Wildman–Crippen MR) is 112 cm³/mol. The van der Waals surface area contributed by atoms with Crippen LogP contribution in [0, 0.1) is 17.6 Å². The van der Waals surface area contributed by atoms with Gasteiger partial charge in [0.25, 0.3) is 0 Å². The summed E-state index contributed by atoms with van der Waals surface area (Å²) in [5, 5.41) is 3.00. The van der Waals surface area contributed by atoms with E-state index in [0.717, 1.165) is 23.2 Å². The number of oxazole rings is 1. The first-order chi connectivity index (χ1) is 14.9. The number of nitrogens with zero attached hydrogens (tertiary/aromatic N) is 2. The first-order valence-corrected chi connectivity index (χ1v) is 10.1. The van der Waals surface area contributed by atoms with Crippen molar-refractivity contribution in [3.8, 4) is 11.3 Å². The fraction of sp³-hybridized carbons (Fsp3) is 0.261. The molecule has 0 spiro atoms. The number of hydrogen-bond donors (Lipinski definition) is 2. The van der Waals surface area contributed by atoms with Crippen LogP contribution in [0.5, 0.6) is 0 Å². The van der Waals surface area contributed by atoms with Crippen LogP contribution in [0.15, 0.2) is 53.1 Å². The van der Waals surface area contributed by atoms with Gasteiger partial charge in [-0.05, 0) is 30.2 Å². The van der Waals surface area contributed by atoms with Crippen molar-refractivity contribution in [3.63, 3.8) is 0 Å². The molecule has 8 heteroatoms. The van der Waals surface area contributed by atoms with Crippen molar-refractivity contribution in [1.29, 1.82) is 0 Å². The van der Waals surface area contributed by atoms with Crippen LogP contribution < -0.4 is 5.32 Å². The van der Waals surface area contributed by atoms with E-state index < -0.39 is 11.6 Å². The number of amides is 1. The molecule has 0 radical (unpaired) electrons. The average molecular weight is 424 g/mol. The molecule has 0 unspecified atom stereocenters. The lowest BCUT2D eigenvalue weighted by molar-refractivity contribution is -0.122. The number of carbonyl (C=O) groups is 1. The third-order valence-electron chi connectivity index (χ3n) is 5.01. The molecule has 2 aromatic heterocycles. The van der Waals surface area contributed by atoms with Gasteiger partial charge in [0.2, 0.25) is 5.91 Å². The Labute approximate surface area is 177 Å². The number of H-pyrrole nitrogens is 1. The third kappa shape index (κ3) is 4.47. The largest absolute Gasteiger partial charge is 0.441 e. The molecule has 0 aliphatic heterocycles. The van der Waals surface area contributed by atoms with Gasteiger partial charge in [-0.3, -0.25) is 4.79 Å². The molecule has 1 amide bonds. The van der Waals surface area contributed by atoms with Crippen molar-refractivity contribution in [2.24, 2.45) is 5.92 Å². The zero-order valence-corrected chi connectivity index (χ0v) is 17.2. The summed E-state index contributed by atoms with van der Waals surface area (Å²) >= 11 is 0. The molecule has 0 aliphatic rings. The molecule has 0 aliphatic carbocycles. The summed E-state index contributed by atoms with van der Waals surface area (Å²) in [6.45, 7) is 4.00. The molecular formula is C23H22F2N4O2. The van der Waals surface area contributed by atoms with Gasteiger partial charge >= 0.3 is 0 Å². The van der Waals surface area contributed by atoms with Crippen molar-refractivity contribution in [2.75, 3.05) is 0 Å².